The van der Waals surface area contributed by atoms with E-state index >= 15 is 0 Å². The summed E-state index contributed by atoms with van der Waals surface area (Å²) in [5.74, 6) is 0.725. The van der Waals surface area contributed by atoms with Crippen LogP contribution < -0.4 is 15.2 Å². The Morgan fingerprint density at radius 3 is 2.58 bits per heavy atom. The molecule has 33 heavy (non-hydrogen) atoms. The summed E-state index contributed by atoms with van der Waals surface area (Å²) >= 11 is 0. The van der Waals surface area contributed by atoms with Crippen LogP contribution in [0.4, 0.5) is 10.1 Å². The first kappa shape index (κ1) is 20.5. The van der Waals surface area contributed by atoms with Crippen molar-refractivity contribution in [2.45, 2.75) is 6.54 Å². The highest BCUT2D eigenvalue weighted by atomic mass is 19.1. The van der Waals surface area contributed by atoms with Gasteiger partial charge in [0.15, 0.2) is 17.2 Å². The fourth-order valence-corrected chi connectivity index (χ4v) is 3.65. The number of benzene rings is 2. The molecule has 2 aromatic carbocycles. The van der Waals surface area contributed by atoms with E-state index in [-0.39, 0.29) is 5.75 Å². The number of rotatable bonds is 6. The predicted molar refractivity (Wildman–Crippen MR) is 123 cm³/mol. The Kier molecular flexibility index (Phi) is 5.14. The number of nitrogens with zero attached hydrogens (tertiary/aromatic N) is 5. The summed E-state index contributed by atoms with van der Waals surface area (Å²) in [5.41, 5.74) is 9.04. The second-order valence-electron chi connectivity index (χ2n) is 7.54. The van der Waals surface area contributed by atoms with Crippen molar-refractivity contribution < 1.29 is 13.9 Å². The molecule has 0 saturated carbocycles. The van der Waals surface area contributed by atoms with Crippen LogP contribution in [0.25, 0.3) is 22.4 Å². The maximum absolute atomic E-state index is 14.5. The van der Waals surface area contributed by atoms with Gasteiger partial charge in [-0.3, -0.25) is 0 Å². The second kappa shape index (κ2) is 8.27. The Morgan fingerprint density at radius 1 is 1.06 bits per heavy atom. The summed E-state index contributed by atoms with van der Waals surface area (Å²) < 4.78 is 29.3. The number of methoxy groups -OCH3 is 1. The van der Waals surface area contributed by atoms with Gasteiger partial charge in [-0.1, -0.05) is 12.1 Å². The quantitative estimate of drug-likeness (QED) is 0.390. The molecule has 0 aliphatic rings. The summed E-state index contributed by atoms with van der Waals surface area (Å²) in [6.07, 6.45) is 5.03. The van der Waals surface area contributed by atoms with E-state index in [1.54, 1.807) is 42.6 Å². The third kappa shape index (κ3) is 3.84. The van der Waals surface area contributed by atoms with Gasteiger partial charge in [0.25, 0.3) is 0 Å². The first-order chi connectivity index (χ1) is 16.0. The topological polar surface area (TPSA) is 93.0 Å². The van der Waals surface area contributed by atoms with Gasteiger partial charge in [0, 0.05) is 25.0 Å². The number of aryl methyl sites for hydroxylation is 1. The molecule has 0 aliphatic heterocycles. The molecule has 9 heteroatoms. The minimum atomic E-state index is -0.548. The molecule has 0 bridgehead atoms. The number of halogens is 1. The van der Waals surface area contributed by atoms with Crippen molar-refractivity contribution in [3.05, 3.63) is 78.6 Å². The number of imidazole rings is 1. The Balaban J connectivity index is 1.65. The molecule has 0 saturated heterocycles. The standard InChI is InChI=1S/C24H21FN6O2/c1-30-14-27-12-19(30)23-22-21(33-20-8-5-16(26)11-18(20)25)9-10-28-24(22)31(29-23)13-15-3-6-17(32-2)7-4-15/h3-12,14H,13,26H2,1-2H3. The SMILES string of the molecule is COc1ccc(Cn2nc(-c3cncn3C)c3c(Oc4ccc(N)cc4F)ccnc32)cc1. The predicted octanol–water partition coefficient (Wildman–Crippen LogP) is 4.40. The molecule has 0 radical (unpaired) electrons. The van der Waals surface area contributed by atoms with E-state index in [1.165, 1.54) is 12.1 Å². The van der Waals surface area contributed by atoms with Crippen LogP contribution in [0.3, 0.4) is 0 Å². The van der Waals surface area contributed by atoms with E-state index in [2.05, 4.69) is 9.97 Å². The number of pyridine rings is 1. The Morgan fingerprint density at radius 2 is 1.88 bits per heavy atom. The number of ether oxygens (including phenoxy) is 2. The molecule has 5 aromatic rings. The van der Waals surface area contributed by atoms with E-state index in [0.717, 1.165) is 17.0 Å². The van der Waals surface area contributed by atoms with Gasteiger partial charge < -0.3 is 19.8 Å². The average Bonchev–Trinajstić information content (AvgIpc) is 3.40. The van der Waals surface area contributed by atoms with E-state index in [4.69, 9.17) is 20.3 Å². The Hall–Kier alpha value is -4.40. The van der Waals surface area contributed by atoms with Crippen molar-refractivity contribution in [1.82, 2.24) is 24.3 Å². The fourth-order valence-electron chi connectivity index (χ4n) is 3.65. The number of anilines is 1. The van der Waals surface area contributed by atoms with Crippen LogP contribution in [-0.2, 0) is 13.6 Å². The van der Waals surface area contributed by atoms with Gasteiger partial charge in [0.1, 0.15) is 17.2 Å². The van der Waals surface area contributed by atoms with Gasteiger partial charge in [-0.2, -0.15) is 5.10 Å². The summed E-state index contributed by atoms with van der Waals surface area (Å²) in [5, 5.41) is 5.50. The minimum Gasteiger partial charge on any atom is -0.497 e. The molecule has 5 rings (SSSR count). The zero-order valence-corrected chi connectivity index (χ0v) is 18.1. The molecule has 0 fully saturated rings. The smallest absolute Gasteiger partial charge is 0.167 e. The zero-order valence-electron chi connectivity index (χ0n) is 18.1. The van der Waals surface area contributed by atoms with Gasteiger partial charge in [-0.05, 0) is 35.9 Å². The highest BCUT2D eigenvalue weighted by Crippen LogP contribution is 2.37. The molecule has 0 aliphatic carbocycles. The zero-order chi connectivity index (χ0) is 22.9. The molecule has 0 atom stereocenters. The molecule has 0 spiro atoms. The summed E-state index contributed by atoms with van der Waals surface area (Å²) in [7, 11) is 3.51. The van der Waals surface area contributed by atoms with Gasteiger partial charge in [-0.15, -0.1) is 0 Å². The lowest BCUT2D eigenvalue weighted by Crippen LogP contribution is -2.03. The number of fused-ring (bicyclic) bond motifs is 1. The van der Waals surface area contributed by atoms with Crippen LogP contribution in [0.2, 0.25) is 0 Å². The van der Waals surface area contributed by atoms with E-state index in [0.29, 0.717) is 34.7 Å². The van der Waals surface area contributed by atoms with Crippen molar-refractivity contribution >= 4 is 16.7 Å². The highest BCUT2D eigenvalue weighted by molar-refractivity contribution is 5.95. The first-order valence-corrected chi connectivity index (χ1v) is 10.2. The van der Waals surface area contributed by atoms with Gasteiger partial charge >= 0.3 is 0 Å². The number of hydrogen-bond donors (Lipinski definition) is 1. The molecule has 3 heterocycles. The van der Waals surface area contributed by atoms with Gasteiger partial charge in [0.2, 0.25) is 0 Å². The summed E-state index contributed by atoms with van der Waals surface area (Å²) in [6, 6.07) is 13.7. The van der Waals surface area contributed by atoms with Crippen LogP contribution in [-0.4, -0.2) is 31.4 Å². The Bertz CT molecular complexity index is 1440. The second-order valence-corrected chi connectivity index (χ2v) is 7.54. The van der Waals surface area contributed by atoms with Crippen molar-refractivity contribution in [2.75, 3.05) is 12.8 Å². The van der Waals surface area contributed by atoms with Crippen LogP contribution >= 0.6 is 0 Å². The molecule has 3 aromatic heterocycles. The number of nitrogens with two attached hydrogens (primary N) is 1. The minimum absolute atomic E-state index is 0.0653. The largest absolute Gasteiger partial charge is 0.497 e. The third-order valence-electron chi connectivity index (χ3n) is 5.32. The number of hydrogen-bond acceptors (Lipinski definition) is 6. The van der Waals surface area contributed by atoms with E-state index in [1.807, 2.05) is 35.9 Å². The fraction of sp³-hybridized carbons (Fsp3) is 0.125. The maximum Gasteiger partial charge on any atom is 0.167 e. The van der Waals surface area contributed by atoms with E-state index in [9.17, 15) is 4.39 Å². The number of aromatic nitrogens is 5. The Labute approximate surface area is 189 Å². The van der Waals surface area contributed by atoms with Gasteiger partial charge in [0.05, 0.1) is 37.3 Å². The van der Waals surface area contributed by atoms with Crippen LogP contribution in [0.5, 0.6) is 17.2 Å². The molecule has 0 amide bonds. The van der Waals surface area contributed by atoms with Gasteiger partial charge in [-0.25, -0.2) is 19.0 Å². The van der Waals surface area contributed by atoms with Crippen molar-refractivity contribution in [1.29, 1.82) is 0 Å². The normalized spacial score (nSPS) is 11.1. The molecular formula is C24H21FN6O2. The van der Waals surface area contributed by atoms with Crippen molar-refractivity contribution in [2.24, 2.45) is 7.05 Å². The monoisotopic (exact) mass is 444 g/mol. The summed E-state index contributed by atoms with van der Waals surface area (Å²) in [4.78, 5) is 8.78. The van der Waals surface area contributed by atoms with Crippen molar-refractivity contribution in [3.8, 4) is 28.6 Å². The molecule has 0 unspecified atom stereocenters. The summed E-state index contributed by atoms with van der Waals surface area (Å²) in [6.45, 7) is 0.477. The van der Waals surface area contributed by atoms with Crippen molar-refractivity contribution in [3.63, 3.8) is 0 Å². The maximum atomic E-state index is 14.5. The third-order valence-corrected chi connectivity index (χ3v) is 5.32. The molecule has 166 valence electrons. The lowest BCUT2D eigenvalue weighted by atomic mass is 10.2. The average molecular weight is 444 g/mol. The lowest BCUT2D eigenvalue weighted by molar-refractivity contribution is 0.414. The number of nitrogen functional groups attached to an aromatic ring is 1. The van der Waals surface area contributed by atoms with E-state index < -0.39 is 5.82 Å². The first-order valence-electron chi connectivity index (χ1n) is 10.2. The lowest BCUT2D eigenvalue weighted by Gasteiger charge is -2.09. The molecule has 8 nitrogen and oxygen atoms in total. The highest BCUT2D eigenvalue weighted by Gasteiger charge is 2.21. The molecular weight excluding hydrogens is 423 g/mol. The van der Waals surface area contributed by atoms with Crippen LogP contribution in [0, 0.1) is 5.82 Å². The molecule has 2 N–H and O–H groups in total. The van der Waals surface area contributed by atoms with Crippen LogP contribution in [0.1, 0.15) is 5.56 Å². The van der Waals surface area contributed by atoms with Crippen LogP contribution in [0.15, 0.2) is 67.3 Å².